The Balaban J connectivity index is 1.83. The molecule has 0 fully saturated rings. The van der Waals surface area contributed by atoms with Crippen LogP contribution in [-0.2, 0) is 13.0 Å². The molecule has 1 aliphatic rings. The molecular weight excluding hydrogens is 270 g/mol. The highest BCUT2D eigenvalue weighted by Gasteiger charge is 2.21. The number of nitrogens with zero attached hydrogens (tertiary/aromatic N) is 4. The van der Waals surface area contributed by atoms with Crippen LogP contribution in [0.1, 0.15) is 51.3 Å². The van der Waals surface area contributed by atoms with Gasteiger partial charge in [-0.15, -0.1) is 10.2 Å². The molecule has 1 aromatic rings. The van der Waals surface area contributed by atoms with E-state index >= 15 is 0 Å². The van der Waals surface area contributed by atoms with Crippen molar-refractivity contribution < 1.29 is 0 Å². The molecule has 0 aliphatic carbocycles. The molecule has 0 spiro atoms. The zero-order chi connectivity index (χ0) is 14.4. The first-order valence-corrected chi connectivity index (χ1v) is 8.42. The average molecular weight is 293 g/mol. The molecule has 1 aliphatic heterocycles. The van der Waals surface area contributed by atoms with Crippen molar-refractivity contribution >= 4 is 11.8 Å². The van der Waals surface area contributed by atoms with Crippen LogP contribution in [0.15, 0.2) is 5.16 Å². The molecule has 6 heteroatoms. The van der Waals surface area contributed by atoms with E-state index in [9.17, 15) is 0 Å². The van der Waals surface area contributed by atoms with Crippen LogP contribution in [0.3, 0.4) is 0 Å². The minimum Gasteiger partial charge on any atom is -0.313 e. The van der Waals surface area contributed by atoms with Gasteiger partial charge >= 0.3 is 0 Å². The summed E-state index contributed by atoms with van der Waals surface area (Å²) in [6.45, 7) is 3.01. The third-order valence-electron chi connectivity index (χ3n) is 3.93. The van der Waals surface area contributed by atoms with Crippen molar-refractivity contribution in [3.8, 4) is 6.07 Å². The second kappa shape index (κ2) is 7.09. The van der Waals surface area contributed by atoms with Crippen LogP contribution in [0.5, 0.6) is 0 Å². The van der Waals surface area contributed by atoms with Gasteiger partial charge in [0.05, 0.1) is 6.07 Å². The minimum atomic E-state index is -0.664. The highest BCUT2D eigenvalue weighted by atomic mass is 32.2. The Kier molecular flexibility index (Phi) is 5.44. The number of hydrogen-bond acceptors (Lipinski definition) is 5. The molecular formula is C14H23N5S. The molecule has 0 radical (unpaired) electrons. The Morgan fingerprint density at radius 2 is 2.25 bits per heavy atom. The number of nitriles is 1. The van der Waals surface area contributed by atoms with E-state index in [2.05, 4.69) is 20.8 Å². The molecule has 110 valence electrons. The van der Waals surface area contributed by atoms with Gasteiger partial charge in [0.15, 0.2) is 5.16 Å². The van der Waals surface area contributed by atoms with Crippen LogP contribution in [0, 0.1) is 11.3 Å². The number of hydrogen-bond donors (Lipinski definition) is 1. The van der Waals surface area contributed by atoms with Crippen LogP contribution in [0.4, 0.5) is 0 Å². The zero-order valence-electron chi connectivity index (χ0n) is 12.1. The van der Waals surface area contributed by atoms with E-state index < -0.39 is 5.54 Å². The van der Waals surface area contributed by atoms with Gasteiger partial charge < -0.3 is 10.3 Å². The largest absolute Gasteiger partial charge is 0.313 e. The van der Waals surface area contributed by atoms with Crippen LogP contribution in [-0.4, -0.2) is 26.1 Å². The number of aryl methyl sites for hydroxylation is 1. The summed E-state index contributed by atoms with van der Waals surface area (Å²) in [4.78, 5) is 0. The second-order valence-electron chi connectivity index (χ2n) is 5.43. The fourth-order valence-corrected chi connectivity index (χ4v) is 3.35. The summed E-state index contributed by atoms with van der Waals surface area (Å²) >= 11 is 1.74. The van der Waals surface area contributed by atoms with Crippen molar-refractivity contribution in [1.29, 1.82) is 5.26 Å². The second-order valence-corrected chi connectivity index (χ2v) is 6.50. The predicted molar refractivity (Wildman–Crippen MR) is 80.4 cm³/mol. The van der Waals surface area contributed by atoms with Crippen molar-refractivity contribution in [3.63, 3.8) is 0 Å². The maximum absolute atomic E-state index is 9.05. The molecule has 5 nitrogen and oxygen atoms in total. The van der Waals surface area contributed by atoms with Crippen LogP contribution >= 0.6 is 11.8 Å². The first-order chi connectivity index (χ1) is 9.68. The van der Waals surface area contributed by atoms with E-state index in [-0.39, 0.29) is 0 Å². The summed E-state index contributed by atoms with van der Waals surface area (Å²) in [5.74, 6) is 2.07. The SMILES string of the molecule is CCC(N)(C#N)CCCSc1nnc2n1CCCCC2. The summed E-state index contributed by atoms with van der Waals surface area (Å²) < 4.78 is 2.26. The van der Waals surface area contributed by atoms with Gasteiger partial charge in [-0.2, -0.15) is 5.26 Å². The van der Waals surface area contributed by atoms with E-state index in [0.29, 0.717) is 6.42 Å². The highest BCUT2D eigenvalue weighted by Crippen LogP contribution is 2.23. The van der Waals surface area contributed by atoms with Crippen LogP contribution < -0.4 is 5.73 Å². The number of nitrogens with two attached hydrogens (primary N) is 1. The standard InChI is InChI=1S/C14H23N5S/c1-2-14(16,11-15)8-6-10-20-13-18-17-12-7-4-3-5-9-19(12)13/h2-10,16H2,1H3. The van der Waals surface area contributed by atoms with E-state index in [1.807, 2.05) is 6.92 Å². The third kappa shape index (κ3) is 3.74. The predicted octanol–water partition coefficient (Wildman–Crippen LogP) is 2.51. The molecule has 0 saturated carbocycles. The first kappa shape index (κ1) is 15.3. The molecule has 0 saturated heterocycles. The summed E-state index contributed by atoms with van der Waals surface area (Å²) in [5, 5.41) is 18.7. The van der Waals surface area contributed by atoms with Gasteiger partial charge in [-0.25, -0.2) is 0 Å². The minimum absolute atomic E-state index is 0.664. The number of rotatable bonds is 6. The van der Waals surface area contributed by atoms with Gasteiger partial charge in [0.25, 0.3) is 0 Å². The summed E-state index contributed by atoms with van der Waals surface area (Å²) in [6.07, 6.45) is 7.14. The first-order valence-electron chi connectivity index (χ1n) is 7.43. The number of aromatic nitrogens is 3. The third-order valence-corrected chi connectivity index (χ3v) is 4.98. The molecule has 1 aromatic heterocycles. The molecule has 1 atom stereocenters. The van der Waals surface area contributed by atoms with Gasteiger partial charge in [-0.1, -0.05) is 25.1 Å². The lowest BCUT2D eigenvalue weighted by Gasteiger charge is -2.18. The van der Waals surface area contributed by atoms with E-state index in [1.54, 1.807) is 11.8 Å². The Bertz CT molecular complexity index is 478. The fourth-order valence-electron chi connectivity index (χ4n) is 2.43. The zero-order valence-corrected chi connectivity index (χ0v) is 13.0. The van der Waals surface area contributed by atoms with E-state index in [4.69, 9.17) is 11.0 Å². The molecule has 1 unspecified atom stereocenters. The maximum atomic E-state index is 9.05. The highest BCUT2D eigenvalue weighted by molar-refractivity contribution is 7.99. The number of fused-ring (bicyclic) bond motifs is 1. The Morgan fingerprint density at radius 1 is 1.40 bits per heavy atom. The van der Waals surface area contributed by atoms with Gasteiger partial charge in [0.1, 0.15) is 11.4 Å². The normalized spacial score (nSPS) is 17.9. The lowest BCUT2D eigenvalue weighted by molar-refractivity contribution is 0.478. The lowest BCUT2D eigenvalue weighted by Crippen LogP contribution is -2.37. The topological polar surface area (TPSA) is 80.5 Å². The van der Waals surface area contributed by atoms with Crippen LogP contribution in [0.25, 0.3) is 0 Å². The Hall–Kier alpha value is -1.06. The van der Waals surface area contributed by atoms with Gasteiger partial charge in [-0.05, 0) is 32.1 Å². The smallest absolute Gasteiger partial charge is 0.191 e. The molecule has 0 bridgehead atoms. The summed E-state index contributed by atoms with van der Waals surface area (Å²) in [5.41, 5.74) is 5.32. The van der Waals surface area contributed by atoms with Crippen molar-refractivity contribution in [2.45, 2.75) is 69.1 Å². The molecule has 20 heavy (non-hydrogen) atoms. The molecule has 2 heterocycles. The molecule has 0 aromatic carbocycles. The van der Waals surface area contributed by atoms with Crippen molar-refractivity contribution in [2.24, 2.45) is 5.73 Å². The van der Waals surface area contributed by atoms with Gasteiger partial charge in [0.2, 0.25) is 0 Å². The maximum Gasteiger partial charge on any atom is 0.191 e. The lowest BCUT2D eigenvalue weighted by atomic mass is 9.94. The van der Waals surface area contributed by atoms with Crippen molar-refractivity contribution in [1.82, 2.24) is 14.8 Å². The van der Waals surface area contributed by atoms with Crippen LogP contribution in [0.2, 0.25) is 0 Å². The van der Waals surface area contributed by atoms with Crippen molar-refractivity contribution in [3.05, 3.63) is 5.82 Å². The quantitative estimate of drug-likeness (QED) is 0.644. The fraction of sp³-hybridized carbons (Fsp3) is 0.786. The summed E-state index contributed by atoms with van der Waals surface area (Å²) in [6, 6.07) is 2.22. The van der Waals surface area contributed by atoms with E-state index in [0.717, 1.165) is 42.5 Å². The van der Waals surface area contributed by atoms with Crippen molar-refractivity contribution in [2.75, 3.05) is 5.75 Å². The molecule has 0 amide bonds. The van der Waals surface area contributed by atoms with E-state index in [1.165, 1.54) is 19.3 Å². The molecule has 2 rings (SSSR count). The van der Waals surface area contributed by atoms with Gasteiger partial charge in [-0.3, -0.25) is 0 Å². The summed E-state index contributed by atoms with van der Waals surface area (Å²) in [7, 11) is 0. The number of thioether (sulfide) groups is 1. The molecule has 2 N–H and O–H groups in total. The average Bonchev–Trinajstić information content (AvgIpc) is 2.71. The monoisotopic (exact) mass is 293 g/mol. The van der Waals surface area contributed by atoms with Gasteiger partial charge in [0, 0.05) is 18.7 Å². The Morgan fingerprint density at radius 3 is 3.00 bits per heavy atom. The Labute approximate surface area is 124 Å².